The van der Waals surface area contributed by atoms with Crippen LogP contribution in [0.1, 0.15) is 19.4 Å². The zero-order chi connectivity index (χ0) is 22.3. The molecule has 0 aliphatic heterocycles. The number of hydrogen-bond acceptors (Lipinski definition) is 7. The molecule has 0 aliphatic carbocycles. The first-order chi connectivity index (χ1) is 14.2. The molecule has 0 saturated heterocycles. The number of halogens is 2. The van der Waals surface area contributed by atoms with E-state index in [1.165, 1.54) is 40.9 Å². The quantitative estimate of drug-likeness (QED) is 0.341. The number of ether oxygens (including phenoxy) is 1. The monoisotopic (exact) mass is 442 g/mol. The minimum absolute atomic E-state index is 0.0157. The van der Waals surface area contributed by atoms with Crippen molar-refractivity contribution in [1.29, 1.82) is 0 Å². The van der Waals surface area contributed by atoms with Gasteiger partial charge in [0.2, 0.25) is 10.0 Å². The second-order valence-electron chi connectivity index (χ2n) is 5.84. The molecule has 0 bridgehead atoms. The maximum absolute atomic E-state index is 12.9. The van der Waals surface area contributed by atoms with Crippen molar-refractivity contribution < 1.29 is 26.9 Å². The lowest BCUT2D eigenvalue weighted by Crippen LogP contribution is -2.31. The summed E-state index contributed by atoms with van der Waals surface area (Å²) in [5, 5.41) is 15.0. The molecule has 9 nitrogen and oxygen atoms in total. The molecule has 0 unspecified atom stereocenters. The number of hydrazone groups is 1. The molecule has 0 fully saturated rings. The summed E-state index contributed by atoms with van der Waals surface area (Å²) in [6.45, 7) is 0.768. The third-order valence-electron chi connectivity index (χ3n) is 4.00. The molecule has 2 rings (SSSR count). The summed E-state index contributed by atoms with van der Waals surface area (Å²) in [5.74, 6) is -0.0157. The van der Waals surface area contributed by atoms with Crippen molar-refractivity contribution in [3.63, 3.8) is 0 Å². The number of nitrogens with zero attached hydrogens (tertiary/aromatic N) is 3. The molecule has 0 saturated carbocycles. The van der Waals surface area contributed by atoms with E-state index < -0.39 is 21.6 Å². The summed E-state index contributed by atoms with van der Waals surface area (Å²) in [6.07, 6.45) is 1.33. The van der Waals surface area contributed by atoms with Crippen molar-refractivity contribution in [3.8, 4) is 5.75 Å². The van der Waals surface area contributed by atoms with E-state index in [0.717, 1.165) is 12.1 Å². The zero-order valence-electron chi connectivity index (χ0n) is 16.2. The first-order valence-electron chi connectivity index (χ1n) is 8.81. The van der Waals surface area contributed by atoms with E-state index in [2.05, 4.69) is 15.3 Å². The minimum Gasteiger partial charge on any atom is -0.435 e. The van der Waals surface area contributed by atoms with Gasteiger partial charge in [-0.05, 0) is 35.9 Å². The fourth-order valence-electron chi connectivity index (χ4n) is 2.54. The SMILES string of the molecule is CCN(CC)S(=O)(=O)c1cc([N+](=O)[O-])ccc1N/N=C/c1ccc(OC(F)F)cc1. The highest BCUT2D eigenvalue weighted by atomic mass is 32.2. The molecule has 0 radical (unpaired) electrons. The Hall–Kier alpha value is -3.12. The van der Waals surface area contributed by atoms with Crippen LogP contribution in [0.3, 0.4) is 0 Å². The van der Waals surface area contributed by atoms with E-state index in [1.807, 2.05) is 0 Å². The van der Waals surface area contributed by atoms with Gasteiger partial charge in [-0.25, -0.2) is 8.42 Å². The highest BCUT2D eigenvalue weighted by Gasteiger charge is 2.27. The predicted molar refractivity (Wildman–Crippen MR) is 107 cm³/mol. The van der Waals surface area contributed by atoms with Crippen molar-refractivity contribution in [3.05, 3.63) is 58.1 Å². The number of sulfonamides is 1. The molecule has 0 spiro atoms. The van der Waals surface area contributed by atoms with Crippen LogP contribution in [0.2, 0.25) is 0 Å². The van der Waals surface area contributed by atoms with Gasteiger partial charge in [0.15, 0.2) is 0 Å². The van der Waals surface area contributed by atoms with Crippen LogP contribution in [-0.4, -0.2) is 43.6 Å². The van der Waals surface area contributed by atoms with Gasteiger partial charge < -0.3 is 4.74 Å². The van der Waals surface area contributed by atoms with Gasteiger partial charge in [-0.3, -0.25) is 15.5 Å². The molecule has 0 aromatic heterocycles. The van der Waals surface area contributed by atoms with Crippen LogP contribution in [-0.2, 0) is 10.0 Å². The Bertz CT molecular complexity index is 1010. The second kappa shape index (κ2) is 10.1. The molecule has 30 heavy (non-hydrogen) atoms. The number of rotatable bonds is 10. The number of nitrogens with one attached hydrogen (secondary N) is 1. The lowest BCUT2D eigenvalue weighted by Gasteiger charge is -2.20. The highest BCUT2D eigenvalue weighted by Crippen LogP contribution is 2.29. The van der Waals surface area contributed by atoms with Crippen molar-refractivity contribution in [2.45, 2.75) is 25.4 Å². The van der Waals surface area contributed by atoms with Crippen molar-refractivity contribution in [2.75, 3.05) is 18.5 Å². The van der Waals surface area contributed by atoms with Crippen LogP contribution in [0.4, 0.5) is 20.2 Å². The molecule has 12 heteroatoms. The Morgan fingerprint density at radius 3 is 2.37 bits per heavy atom. The van der Waals surface area contributed by atoms with Gasteiger partial charge in [-0.2, -0.15) is 18.2 Å². The zero-order valence-corrected chi connectivity index (χ0v) is 17.0. The summed E-state index contributed by atoms with van der Waals surface area (Å²) in [7, 11) is -4.00. The predicted octanol–water partition coefficient (Wildman–Crippen LogP) is 3.67. The average Bonchev–Trinajstić information content (AvgIpc) is 2.69. The Labute approximate surface area is 172 Å². The van der Waals surface area contributed by atoms with Crippen LogP contribution in [0.15, 0.2) is 52.5 Å². The largest absolute Gasteiger partial charge is 0.435 e. The van der Waals surface area contributed by atoms with Crippen molar-refractivity contribution in [2.24, 2.45) is 5.10 Å². The first kappa shape index (κ1) is 23.2. The third-order valence-corrected chi connectivity index (χ3v) is 6.09. The van der Waals surface area contributed by atoms with E-state index in [1.54, 1.807) is 13.8 Å². The van der Waals surface area contributed by atoms with E-state index in [-0.39, 0.29) is 35.1 Å². The Balaban J connectivity index is 2.30. The number of alkyl halides is 2. The van der Waals surface area contributed by atoms with Crippen LogP contribution in [0.25, 0.3) is 0 Å². The molecule has 0 atom stereocenters. The molecule has 2 aromatic rings. The molecule has 0 heterocycles. The van der Waals surface area contributed by atoms with Gasteiger partial charge in [0.25, 0.3) is 5.69 Å². The smallest absolute Gasteiger partial charge is 0.387 e. The standard InChI is InChI=1S/C18H20F2N4O5S/c1-3-23(4-2)30(27,28)17-11-14(24(25)26)7-10-16(17)22-21-12-13-5-8-15(9-6-13)29-18(19)20/h5-12,18,22H,3-4H2,1-2H3/b21-12+. The maximum Gasteiger partial charge on any atom is 0.387 e. The van der Waals surface area contributed by atoms with Crippen molar-refractivity contribution >= 4 is 27.6 Å². The van der Waals surface area contributed by atoms with E-state index in [0.29, 0.717) is 5.56 Å². The lowest BCUT2D eigenvalue weighted by atomic mass is 10.2. The normalized spacial score (nSPS) is 11.9. The third kappa shape index (κ3) is 5.70. The molecular formula is C18H20F2N4O5S. The Morgan fingerprint density at radius 2 is 1.83 bits per heavy atom. The number of nitro benzene ring substituents is 1. The lowest BCUT2D eigenvalue weighted by molar-refractivity contribution is -0.385. The fourth-order valence-corrected chi connectivity index (χ4v) is 4.16. The summed E-state index contributed by atoms with van der Waals surface area (Å²) in [5.41, 5.74) is 2.79. The summed E-state index contributed by atoms with van der Waals surface area (Å²) < 4.78 is 55.5. The van der Waals surface area contributed by atoms with Gasteiger partial charge in [-0.1, -0.05) is 13.8 Å². The number of hydrogen-bond donors (Lipinski definition) is 1. The Kier molecular flexibility index (Phi) is 7.78. The molecule has 2 aromatic carbocycles. The van der Waals surface area contributed by atoms with Gasteiger partial charge in [0.05, 0.1) is 16.8 Å². The molecular weight excluding hydrogens is 422 g/mol. The second-order valence-corrected chi connectivity index (χ2v) is 7.75. The average molecular weight is 442 g/mol. The van der Waals surface area contributed by atoms with Crippen molar-refractivity contribution in [1.82, 2.24) is 4.31 Å². The van der Waals surface area contributed by atoms with Gasteiger partial charge in [0.1, 0.15) is 10.6 Å². The van der Waals surface area contributed by atoms with E-state index >= 15 is 0 Å². The van der Waals surface area contributed by atoms with Crippen LogP contribution in [0, 0.1) is 10.1 Å². The number of anilines is 1. The van der Waals surface area contributed by atoms with Gasteiger partial charge in [-0.15, -0.1) is 0 Å². The number of nitro groups is 1. The first-order valence-corrected chi connectivity index (χ1v) is 10.3. The molecule has 1 N–H and O–H groups in total. The molecule has 0 amide bonds. The molecule has 162 valence electrons. The maximum atomic E-state index is 12.9. The summed E-state index contributed by atoms with van der Waals surface area (Å²) >= 11 is 0. The number of non-ortho nitro benzene ring substituents is 1. The van der Waals surface area contributed by atoms with E-state index in [4.69, 9.17) is 0 Å². The minimum atomic E-state index is -4.00. The van der Waals surface area contributed by atoms with Crippen LogP contribution < -0.4 is 10.2 Å². The van der Waals surface area contributed by atoms with Crippen LogP contribution >= 0.6 is 0 Å². The number of benzene rings is 2. The fraction of sp³-hybridized carbons (Fsp3) is 0.278. The highest BCUT2D eigenvalue weighted by molar-refractivity contribution is 7.89. The van der Waals surface area contributed by atoms with Crippen LogP contribution in [0.5, 0.6) is 5.75 Å². The summed E-state index contributed by atoms with van der Waals surface area (Å²) in [4.78, 5) is 10.1. The topological polar surface area (TPSA) is 114 Å². The molecule has 0 aliphatic rings. The van der Waals surface area contributed by atoms with Gasteiger partial charge in [0, 0.05) is 25.2 Å². The van der Waals surface area contributed by atoms with E-state index in [9.17, 15) is 27.3 Å². The van der Waals surface area contributed by atoms with Gasteiger partial charge >= 0.3 is 6.61 Å². The summed E-state index contributed by atoms with van der Waals surface area (Å²) in [6, 6.07) is 9.01. The Morgan fingerprint density at radius 1 is 1.20 bits per heavy atom.